The van der Waals surface area contributed by atoms with E-state index in [0.29, 0.717) is 17.1 Å². The lowest BCUT2D eigenvalue weighted by atomic mass is 10.1. The predicted octanol–water partition coefficient (Wildman–Crippen LogP) is 5.77. The number of alkyl halides is 3. The van der Waals surface area contributed by atoms with Crippen LogP contribution < -0.4 is 0 Å². The van der Waals surface area contributed by atoms with Gasteiger partial charge in [-0.2, -0.15) is 13.2 Å². The monoisotopic (exact) mass is 430 g/mol. The van der Waals surface area contributed by atoms with Gasteiger partial charge in [-0.05, 0) is 42.1 Å². The number of aryl methyl sites for hydroxylation is 1. The number of carboxylic acid groups (broad SMARTS) is 1. The van der Waals surface area contributed by atoms with E-state index in [0.717, 1.165) is 39.2 Å². The number of nitrogens with zero attached hydrogens (tertiary/aromatic N) is 2. The number of halogens is 3. The van der Waals surface area contributed by atoms with E-state index in [1.807, 2.05) is 35.9 Å². The minimum absolute atomic E-state index is 0.0429. The molecule has 0 spiro atoms. The van der Waals surface area contributed by atoms with Crippen LogP contribution in [0.2, 0.25) is 0 Å². The van der Waals surface area contributed by atoms with Crippen molar-refractivity contribution in [3.05, 3.63) is 76.4 Å². The first kappa shape index (κ1) is 20.2. The molecule has 4 aromatic rings. The second-order valence-corrected chi connectivity index (χ2v) is 8.09. The first-order chi connectivity index (χ1) is 14.2. The highest BCUT2D eigenvalue weighted by atomic mass is 32.1. The lowest BCUT2D eigenvalue weighted by Gasteiger charge is -2.06. The summed E-state index contributed by atoms with van der Waals surface area (Å²) in [5.41, 5.74) is 2.43. The third-order valence-corrected chi connectivity index (χ3v) is 6.05. The predicted molar refractivity (Wildman–Crippen MR) is 110 cm³/mol. The summed E-state index contributed by atoms with van der Waals surface area (Å²) in [6.45, 7) is 2.42. The summed E-state index contributed by atoms with van der Waals surface area (Å²) >= 11 is 1.44. The van der Waals surface area contributed by atoms with Crippen molar-refractivity contribution in [2.45, 2.75) is 26.1 Å². The van der Waals surface area contributed by atoms with Crippen LogP contribution in [-0.4, -0.2) is 20.6 Å². The van der Waals surface area contributed by atoms with Gasteiger partial charge in [0.25, 0.3) is 0 Å². The zero-order chi connectivity index (χ0) is 21.5. The molecule has 8 heteroatoms. The van der Waals surface area contributed by atoms with Crippen molar-refractivity contribution in [1.29, 1.82) is 0 Å². The maximum Gasteiger partial charge on any atom is 0.416 e. The molecule has 2 aromatic carbocycles. The summed E-state index contributed by atoms with van der Waals surface area (Å²) in [6, 6.07) is 12.6. The molecule has 0 unspecified atom stereocenters. The average Bonchev–Trinajstić information content (AvgIpc) is 3.25. The van der Waals surface area contributed by atoms with Gasteiger partial charge in [0, 0.05) is 22.2 Å². The van der Waals surface area contributed by atoms with Gasteiger partial charge in [-0.15, -0.1) is 11.3 Å². The zero-order valence-electron chi connectivity index (χ0n) is 15.9. The molecule has 2 aromatic heterocycles. The number of carbonyl (C=O) groups is 1. The van der Waals surface area contributed by atoms with Crippen LogP contribution in [0.1, 0.15) is 21.7 Å². The van der Waals surface area contributed by atoms with E-state index >= 15 is 0 Å². The van der Waals surface area contributed by atoms with E-state index in [1.165, 1.54) is 23.5 Å². The van der Waals surface area contributed by atoms with Crippen LogP contribution in [0.3, 0.4) is 0 Å². The number of fused-ring (bicyclic) bond motifs is 1. The van der Waals surface area contributed by atoms with Crippen LogP contribution in [0.15, 0.2) is 54.7 Å². The lowest BCUT2D eigenvalue weighted by molar-refractivity contribution is -0.138. The normalized spacial score (nSPS) is 11.9. The Bertz CT molecular complexity index is 1220. The van der Waals surface area contributed by atoms with Crippen molar-refractivity contribution in [3.63, 3.8) is 0 Å². The van der Waals surface area contributed by atoms with E-state index in [2.05, 4.69) is 4.98 Å². The van der Waals surface area contributed by atoms with Gasteiger partial charge in [-0.3, -0.25) is 4.79 Å². The van der Waals surface area contributed by atoms with Crippen LogP contribution in [0.5, 0.6) is 0 Å². The van der Waals surface area contributed by atoms with Crippen LogP contribution >= 0.6 is 11.3 Å². The molecule has 30 heavy (non-hydrogen) atoms. The largest absolute Gasteiger partial charge is 0.481 e. The molecular weight excluding hydrogens is 413 g/mol. The van der Waals surface area contributed by atoms with E-state index in [4.69, 9.17) is 5.11 Å². The van der Waals surface area contributed by atoms with Gasteiger partial charge in [0.2, 0.25) is 0 Å². The standard InChI is InChI=1S/C22H17F3N2O2S/c1-13-19(30-21(26-13)16-4-6-17(7-5-16)22(23,24)25)12-27-9-8-15-3-2-14(10-18(15)27)11-20(28)29/h2-10H,11-12H2,1H3,(H,28,29). The molecule has 0 radical (unpaired) electrons. The van der Waals surface area contributed by atoms with Crippen LogP contribution in [-0.2, 0) is 23.9 Å². The topological polar surface area (TPSA) is 55.1 Å². The van der Waals surface area contributed by atoms with Gasteiger partial charge >= 0.3 is 12.1 Å². The number of rotatable bonds is 5. The molecular formula is C22H17F3N2O2S. The van der Waals surface area contributed by atoms with Crippen LogP contribution in [0, 0.1) is 6.92 Å². The Morgan fingerprint density at radius 2 is 1.87 bits per heavy atom. The summed E-state index contributed by atoms with van der Waals surface area (Å²) in [5.74, 6) is -0.882. The number of hydrogen-bond donors (Lipinski definition) is 1. The average molecular weight is 430 g/mol. The molecule has 1 N–H and O–H groups in total. The molecule has 0 aliphatic heterocycles. The molecule has 0 saturated carbocycles. The minimum atomic E-state index is -4.36. The van der Waals surface area contributed by atoms with Gasteiger partial charge < -0.3 is 9.67 Å². The second-order valence-electron chi connectivity index (χ2n) is 7.01. The van der Waals surface area contributed by atoms with Crippen molar-refractivity contribution in [2.24, 2.45) is 0 Å². The highest BCUT2D eigenvalue weighted by Crippen LogP contribution is 2.33. The lowest BCUT2D eigenvalue weighted by Crippen LogP contribution is -2.03. The Labute approximate surface area is 174 Å². The van der Waals surface area contributed by atoms with Crippen molar-refractivity contribution in [3.8, 4) is 10.6 Å². The number of aliphatic carboxylic acids is 1. The van der Waals surface area contributed by atoms with Crippen molar-refractivity contribution < 1.29 is 23.1 Å². The zero-order valence-corrected chi connectivity index (χ0v) is 16.7. The SMILES string of the molecule is Cc1nc(-c2ccc(C(F)(F)F)cc2)sc1Cn1ccc2ccc(CC(=O)O)cc21. The number of benzene rings is 2. The molecule has 0 fully saturated rings. The summed E-state index contributed by atoms with van der Waals surface area (Å²) in [7, 11) is 0. The first-order valence-corrected chi connectivity index (χ1v) is 9.96. The molecule has 0 amide bonds. The Morgan fingerprint density at radius 1 is 1.13 bits per heavy atom. The molecule has 4 rings (SSSR count). The molecule has 0 saturated heterocycles. The fourth-order valence-electron chi connectivity index (χ4n) is 3.31. The van der Waals surface area contributed by atoms with Crippen molar-refractivity contribution >= 4 is 28.2 Å². The van der Waals surface area contributed by atoms with E-state index in [9.17, 15) is 18.0 Å². The van der Waals surface area contributed by atoms with Gasteiger partial charge in [0.05, 0.1) is 24.2 Å². The molecule has 4 nitrogen and oxygen atoms in total. The first-order valence-electron chi connectivity index (χ1n) is 9.14. The second kappa shape index (κ2) is 7.60. The van der Waals surface area contributed by atoms with Crippen LogP contribution in [0.25, 0.3) is 21.5 Å². The Hall–Kier alpha value is -3.13. The highest BCUT2D eigenvalue weighted by molar-refractivity contribution is 7.15. The van der Waals surface area contributed by atoms with Gasteiger partial charge in [-0.25, -0.2) is 4.98 Å². The minimum Gasteiger partial charge on any atom is -0.481 e. The maximum atomic E-state index is 12.8. The Morgan fingerprint density at radius 3 is 2.53 bits per heavy atom. The summed E-state index contributed by atoms with van der Waals surface area (Å²) in [6.07, 6.45) is -2.47. The van der Waals surface area contributed by atoms with Crippen molar-refractivity contribution in [2.75, 3.05) is 0 Å². The number of hydrogen-bond acceptors (Lipinski definition) is 3. The molecule has 154 valence electrons. The van der Waals surface area contributed by atoms with Crippen molar-refractivity contribution in [1.82, 2.24) is 9.55 Å². The number of carboxylic acids is 1. The molecule has 0 bridgehead atoms. The Balaban J connectivity index is 1.62. The quantitative estimate of drug-likeness (QED) is 0.438. The molecule has 2 heterocycles. The highest BCUT2D eigenvalue weighted by Gasteiger charge is 2.30. The van der Waals surface area contributed by atoms with E-state index < -0.39 is 17.7 Å². The summed E-state index contributed by atoms with van der Waals surface area (Å²) < 4.78 is 40.4. The maximum absolute atomic E-state index is 12.8. The number of thiazole rings is 1. The molecule has 0 aliphatic rings. The van der Waals surface area contributed by atoms with Gasteiger partial charge in [-0.1, -0.05) is 24.3 Å². The summed E-state index contributed by atoms with van der Waals surface area (Å²) in [4.78, 5) is 16.5. The fourth-order valence-corrected chi connectivity index (χ4v) is 4.37. The van der Waals surface area contributed by atoms with E-state index in [-0.39, 0.29) is 6.42 Å². The van der Waals surface area contributed by atoms with Crippen LogP contribution in [0.4, 0.5) is 13.2 Å². The molecule has 0 aliphatic carbocycles. The summed E-state index contributed by atoms with van der Waals surface area (Å²) in [5, 5.41) is 10.7. The van der Waals surface area contributed by atoms with E-state index in [1.54, 1.807) is 6.07 Å². The number of aromatic nitrogens is 2. The molecule has 0 atom stereocenters. The van der Waals surface area contributed by atoms with Gasteiger partial charge in [0.15, 0.2) is 0 Å². The fraction of sp³-hybridized carbons (Fsp3) is 0.182. The third-order valence-electron chi connectivity index (χ3n) is 4.86. The smallest absolute Gasteiger partial charge is 0.416 e. The third kappa shape index (κ3) is 4.09. The Kier molecular flexibility index (Phi) is 5.11. The van der Waals surface area contributed by atoms with Gasteiger partial charge in [0.1, 0.15) is 5.01 Å².